The number of rotatable bonds is 4. The smallest absolute Gasteiger partial charge is 0.0396 e. The van der Waals surface area contributed by atoms with Gasteiger partial charge in [0.2, 0.25) is 0 Å². The van der Waals surface area contributed by atoms with Gasteiger partial charge in [0.1, 0.15) is 0 Å². The number of benzene rings is 1. The minimum atomic E-state index is 0.803. The highest BCUT2D eigenvalue weighted by atomic mass is 15.3. The highest BCUT2D eigenvalue weighted by Crippen LogP contribution is 2.22. The van der Waals surface area contributed by atoms with E-state index in [4.69, 9.17) is 5.73 Å². The maximum atomic E-state index is 5.56. The van der Waals surface area contributed by atoms with Crippen LogP contribution in [0.1, 0.15) is 17.5 Å². The van der Waals surface area contributed by atoms with E-state index in [0.29, 0.717) is 0 Å². The van der Waals surface area contributed by atoms with Crippen molar-refractivity contribution in [3.05, 3.63) is 29.3 Å². The summed E-state index contributed by atoms with van der Waals surface area (Å²) in [6.07, 6.45) is 1.11. The Labute approximate surface area is 111 Å². The Kier molecular flexibility index (Phi) is 4.61. The van der Waals surface area contributed by atoms with Gasteiger partial charge in [0.25, 0.3) is 0 Å². The maximum absolute atomic E-state index is 5.56. The van der Waals surface area contributed by atoms with Crippen LogP contribution in [0.3, 0.4) is 0 Å². The zero-order valence-electron chi connectivity index (χ0n) is 11.7. The summed E-state index contributed by atoms with van der Waals surface area (Å²) in [5.74, 6) is 0. The van der Waals surface area contributed by atoms with Gasteiger partial charge < -0.3 is 10.6 Å². The Hall–Kier alpha value is -1.06. The number of hydrogen-bond donors (Lipinski definition) is 1. The fraction of sp³-hybridized carbons (Fsp3) is 0.600. The molecule has 0 spiro atoms. The minimum absolute atomic E-state index is 0.803. The fourth-order valence-electron chi connectivity index (χ4n) is 2.69. The number of nitrogens with two attached hydrogens (primary N) is 1. The molecule has 0 atom stereocenters. The molecule has 1 aliphatic rings. The SMILES string of the molecule is Cc1ccc(N2CCN(CCCN)CC2)c(C)c1. The minimum Gasteiger partial charge on any atom is -0.369 e. The van der Waals surface area contributed by atoms with Crippen LogP contribution in [0.15, 0.2) is 18.2 Å². The molecule has 0 unspecified atom stereocenters. The fourth-order valence-corrected chi connectivity index (χ4v) is 2.69. The zero-order chi connectivity index (χ0) is 13.0. The summed E-state index contributed by atoms with van der Waals surface area (Å²) in [6.45, 7) is 10.9. The van der Waals surface area contributed by atoms with Crippen LogP contribution in [0, 0.1) is 13.8 Å². The summed E-state index contributed by atoms with van der Waals surface area (Å²) in [4.78, 5) is 5.03. The lowest BCUT2D eigenvalue weighted by Gasteiger charge is -2.36. The van der Waals surface area contributed by atoms with Crippen molar-refractivity contribution in [2.45, 2.75) is 20.3 Å². The molecule has 0 saturated carbocycles. The van der Waals surface area contributed by atoms with Crippen LogP contribution in [0.25, 0.3) is 0 Å². The largest absolute Gasteiger partial charge is 0.369 e. The van der Waals surface area contributed by atoms with Gasteiger partial charge in [0, 0.05) is 31.9 Å². The average Bonchev–Trinajstić information content (AvgIpc) is 2.37. The first-order chi connectivity index (χ1) is 8.70. The van der Waals surface area contributed by atoms with Crippen molar-refractivity contribution in [1.29, 1.82) is 0 Å². The van der Waals surface area contributed by atoms with Gasteiger partial charge in [-0.1, -0.05) is 17.7 Å². The van der Waals surface area contributed by atoms with Crippen LogP contribution >= 0.6 is 0 Å². The Balaban J connectivity index is 1.93. The molecule has 1 heterocycles. The topological polar surface area (TPSA) is 32.5 Å². The summed E-state index contributed by atoms with van der Waals surface area (Å²) in [5, 5.41) is 0. The third kappa shape index (κ3) is 3.24. The summed E-state index contributed by atoms with van der Waals surface area (Å²) in [6, 6.07) is 6.75. The first kappa shape index (κ1) is 13.4. The number of aryl methyl sites for hydroxylation is 2. The molecule has 1 fully saturated rings. The van der Waals surface area contributed by atoms with Crippen molar-refractivity contribution in [3.63, 3.8) is 0 Å². The molecule has 2 N–H and O–H groups in total. The van der Waals surface area contributed by atoms with E-state index < -0.39 is 0 Å². The predicted octanol–water partition coefficient (Wildman–Crippen LogP) is 1.77. The third-order valence-electron chi connectivity index (χ3n) is 3.74. The third-order valence-corrected chi connectivity index (χ3v) is 3.74. The molecule has 3 heteroatoms. The molecule has 0 bridgehead atoms. The van der Waals surface area contributed by atoms with E-state index in [1.54, 1.807) is 0 Å². The molecule has 0 radical (unpaired) electrons. The van der Waals surface area contributed by atoms with Crippen molar-refractivity contribution in [2.75, 3.05) is 44.2 Å². The Bertz CT molecular complexity index is 381. The van der Waals surface area contributed by atoms with E-state index in [-0.39, 0.29) is 0 Å². The first-order valence-corrected chi connectivity index (χ1v) is 6.95. The predicted molar refractivity (Wildman–Crippen MR) is 78.2 cm³/mol. The molecule has 1 aliphatic heterocycles. The number of hydrogen-bond acceptors (Lipinski definition) is 3. The molecule has 1 aromatic rings. The van der Waals surface area contributed by atoms with Crippen molar-refractivity contribution in [1.82, 2.24) is 4.90 Å². The van der Waals surface area contributed by atoms with E-state index in [9.17, 15) is 0 Å². The molecule has 2 rings (SSSR count). The normalized spacial score (nSPS) is 17.2. The van der Waals surface area contributed by atoms with Gasteiger partial charge in [0.15, 0.2) is 0 Å². The Morgan fingerprint density at radius 2 is 1.83 bits per heavy atom. The molecule has 0 aromatic heterocycles. The van der Waals surface area contributed by atoms with E-state index in [2.05, 4.69) is 41.8 Å². The monoisotopic (exact) mass is 247 g/mol. The molecule has 18 heavy (non-hydrogen) atoms. The van der Waals surface area contributed by atoms with Gasteiger partial charge in [-0.2, -0.15) is 0 Å². The van der Waals surface area contributed by atoms with Crippen LogP contribution in [0.2, 0.25) is 0 Å². The molecule has 100 valence electrons. The van der Waals surface area contributed by atoms with E-state index >= 15 is 0 Å². The lowest BCUT2D eigenvalue weighted by Crippen LogP contribution is -2.47. The van der Waals surface area contributed by atoms with Crippen LogP contribution < -0.4 is 10.6 Å². The van der Waals surface area contributed by atoms with Gasteiger partial charge in [-0.05, 0) is 45.0 Å². The Morgan fingerprint density at radius 1 is 1.11 bits per heavy atom. The number of nitrogens with zero attached hydrogens (tertiary/aromatic N) is 2. The molecular formula is C15H25N3. The second-order valence-corrected chi connectivity index (χ2v) is 5.26. The summed E-state index contributed by atoms with van der Waals surface area (Å²) in [5.41, 5.74) is 9.70. The van der Waals surface area contributed by atoms with Crippen LogP contribution in [0.4, 0.5) is 5.69 Å². The summed E-state index contributed by atoms with van der Waals surface area (Å²) >= 11 is 0. The van der Waals surface area contributed by atoms with Crippen LogP contribution in [-0.4, -0.2) is 44.2 Å². The first-order valence-electron chi connectivity index (χ1n) is 6.95. The number of piperazine rings is 1. The van der Waals surface area contributed by atoms with Crippen LogP contribution in [0.5, 0.6) is 0 Å². The zero-order valence-corrected chi connectivity index (χ0v) is 11.7. The lowest BCUT2D eigenvalue weighted by atomic mass is 10.1. The van der Waals surface area contributed by atoms with Gasteiger partial charge in [-0.25, -0.2) is 0 Å². The van der Waals surface area contributed by atoms with Crippen molar-refractivity contribution < 1.29 is 0 Å². The standard InChI is InChI=1S/C15H25N3/c1-13-4-5-15(14(2)12-13)18-10-8-17(9-11-18)7-3-6-16/h4-5,12H,3,6-11,16H2,1-2H3. The average molecular weight is 247 g/mol. The van der Waals surface area contributed by atoms with Crippen molar-refractivity contribution in [2.24, 2.45) is 5.73 Å². The molecule has 0 aliphatic carbocycles. The Morgan fingerprint density at radius 3 is 2.44 bits per heavy atom. The maximum Gasteiger partial charge on any atom is 0.0396 e. The molecule has 1 saturated heterocycles. The van der Waals surface area contributed by atoms with E-state index in [0.717, 1.165) is 45.7 Å². The number of anilines is 1. The molecule has 0 amide bonds. The molecule has 1 aromatic carbocycles. The van der Waals surface area contributed by atoms with Crippen molar-refractivity contribution >= 4 is 5.69 Å². The van der Waals surface area contributed by atoms with E-state index in [1.165, 1.54) is 16.8 Å². The van der Waals surface area contributed by atoms with Gasteiger partial charge in [-0.3, -0.25) is 4.90 Å². The molecular weight excluding hydrogens is 222 g/mol. The van der Waals surface area contributed by atoms with Crippen molar-refractivity contribution in [3.8, 4) is 0 Å². The lowest BCUT2D eigenvalue weighted by molar-refractivity contribution is 0.256. The van der Waals surface area contributed by atoms with Gasteiger partial charge >= 0.3 is 0 Å². The quantitative estimate of drug-likeness (QED) is 0.880. The van der Waals surface area contributed by atoms with Gasteiger partial charge in [-0.15, -0.1) is 0 Å². The summed E-state index contributed by atoms with van der Waals surface area (Å²) in [7, 11) is 0. The highest BCUT2D eigenvalue weighted by molar-refractivity contribution is 5.54. The van der Waals surface area contributed by atoms with Crippen LogP contribution in [-0.2, 0) is 0 Å². The second-order valence-electron chi connectivity index (χ2n) is 5.26. The van der Waals surface area contributed by atoms with Gasteiger partial charge in [0.05, 0.1) is 0 Å². The van der Waals surface area contributed by atoms with E-state index in [1.807, 2.05) is 0 Å². The second kappa shape index (κ2) is 6.21. The highest BCUT2D eigenvalue weighted by Gasteiger charge is 2.17. The molecule has 3 nitrogen and oxygen atoms in total. The summed E-state index contributed by atoms with van der Waals surface area (Å²) < 4.78 is 0.